The highest BCUT2D eigenvalue weighted by Gasteiger charge is 2.25. The summed E-state index contributed by atoms with van der Waals surface area (Å²) in [6.45, 7) is 5.52. The monoisotopic (exact) mass is 483 g/mol. The van der Waals surface area contributed by atoms with Crippen LogP contribution in [-0.2, 0) is 28.7 Å². The van der Waals surface area contributed by atoms with E-state index in [-0.39, 0.29) is 32.6 Å². The van der Waals surface area contributed by atoms with Crippen LogP contribution in [0.15, 0.2) is 12.2 Å². The maximum atomic E-state index is 12.7. The first-order valence-electron chi connectivity index (χ1n) is 11.1. The van der Waals surface area contributed by atoms with E-state index in [9.17, 15) is 28.8 Å². The third kappa shape index (κ3) is 10.8. The molecule has 0 bridgehead atoms. The van der Waals surface area contributed by atoms with Gasteiger partial charge in [-0.05, 0) is 40.0 Å². The Balaban J connectivity index is 2.48. The van der Waals surface area contributed by atoms with Gasteiger partial charge in [0.15, 0.2) is 0 Å². The van der Waals surface area contributed by atoms with Crippen LogP contribution in [0.4, 0.5) is 9.59 Å². The van der Waals surface area contributed by atoms with Crippen molar-refractivity contribution in [3.63, 3.8) is 0 Å². The number of carbonyl (C=O) groups excluding carboxylic acids is 6. The van der Waals surface area contributed by atoms with Crippen molar-refractivity contribution in [1.82, 2.24) is 26.2 Å². The zero-order valence-electron chi connectivity index (χ0n) is 19.7. The van der Waals surface area contributed by atoms with Gasteiger partial charge >= 0.3 is 12.2 Å². The molecule has 1 heterocycles. The Morgan fingerprint density at radius 3 is 2.15 bits per heavy atom. The summed E-state index contributed by atoms with van der Waals surface area (Å²) in [6.07, 6.45) is 1.39. The normalized spacial score (nSPS) is 14.3. The molecule has 0 aromatic heterocycles. The van der Waals surface area contributed by atoms with Crippen LogP contribution in [0.3, 0.4) is 0 Å². The molecule has 6 amide bonds. The first-order chi connectivity index (χ1) is 16.2. The van der Waals surface area contributed by atoms with E-state index >= 15 is 0 Å². The fourth-order valence-corrected chi connectivity index (χ4v) is 2.96. The summed E-state index contributed by atoms with van der Waals surface area (Å²) in [5.74, 6) is -1.97. The number of imide groups is 1. The fourth-order valence-electron chi connectivity index (χ4n) is 2.96. The molecule has 0 fully saturated rings. The summed E-state index contributed by atoms with van der Waals surface area (Å²) in [6, 6.07) is -0.924. The van der Waals surface area contributed by atoms with Gasteiger partial charge in [-0.2, -0.15) is 0 Å². The molecule has 13 heteroatoms. The third-order valence-corrected chi connectivity index (χ3v) is 4.55. The van der Waals surface area contributed by atoms with Crippen molar-refractivity contribution in [2.75, 3.05) is 26.3 Å². The summed E-state index contributed by atoms with van der Waals surface area (Å²) in [5.41, 5.74) is 0. The molecule has 0 aliphatic carbocycles. The maximum absolute atomic E-state index is 12.7. The van der Waals surface area contributed by atoms with Gasteiger partial charge in [-0.3, -0.25) is 24.1 Å². The van der Waals surface area contributed by atoms with Gasteiger partial charge in [-0.1, -0.05) is 0 Å². The quantitative estimate of drug-likeness (QED) is 0.151. The van der Waals surface area contributed by atoms with Gasteiger partial charge in [0.05, 0.1) is 19.4 Å². The number of carbonyl (C=O) groups is 6. The number of ether oxygens (including phenoxy) is 2. The second-order valence-electron chi connectivity index (χ2n) is 7.27. The van der Waals surface area contributed by atoms with E-state index in [1.54, 1.807) is 13.8 Å². The molecule has 0 aromatic carbocycles. The Labute approximate surface area is 197 Å². The molecule has 190 valence electrons. The number of unbranched alkanes of at least 4 members (excludes halogenated alkanes) is 1. The van der Waals surface area contributed by atoms with Crippen LogP contribution in [0, 0.1) is 0 Å². The Morgan fingerprint density at radius 2 is 1.53 bits per heavy atom. The molecule has 1 aliphatic heterocycles. The highest BCUT2D eigenvalue weighted by molar-refractivity contribution is 6.13. The summed E-state index contributed by atoms with van der Waals surface area (Å²) in [4.78, 5) is 71.9. The molecule has 0 saturated carbocycles. The summed E-state index contributed by atoms with van der Waals surface area (Å²) in [5, 5.41) is 10.2. The zero-order chi connectivity index (χ0) is 25.5. The SMILES string of the molecule is CCOC(=O)NCCCCC(NC(=O)OCC)C(=O)NC(C)NC(=O)CCN1C(=O)C=CC1=O. The van der Waals surface area contributed by atoms with E-state index < -0.39 is 48.0 Å². The average Bonchev–Trinajstić information content (AvgIpc) is 3.08. The van der Waals surface area contributed by atoms with Crippen molar-refractivity contribution in [1.29, 1.82) is 0 Å². The van der Waals surface area contributed by atoms with E-state index in [2.05, 4.69) is 21.3 Å². The predicted molar refractivity (Wildman–Crippen MR) is 119 cm³/mol. The van der Waals surface area contributed by atoms with E-state index in [4.69, 9.17) is 9.47 Å². The first kappa shape index (κ1) is 28.4. The number of hydrogen-bond donors (Lipinski definition) is 4. The van der Waals surface area contributed by atoms with Gasteiger partial charge in [0.1, 0.15) is 6.04 Å². The number of nitrogens with zero attached hydrogens (tertiary/aromatic N) is 1. The van der Waals surface area contributed by atoms with Gasteiger partial charge in [-0.15, -0.1) is 0 Å². The highest BCUT2D eigenvalue weighted by Crippen LogP contribution is 2.05. The molecule has 4 N–H and O–H groups in total. The van der Waals surface area contributed by atoms with Crippen LogP contribution in [0.2, 0.25) is 0 Å². The summed E-state index contributed by atoms with van der Waals surface area (Å²) >= 11 is 0. The number of nitrogens with one attached hydrogen (secondary N) is 4. The van der Waals surface area contributed by atoms with E-state index in [1.165, 1.54) is 6.92 Å². The van der Waals surface area contributed by atoms with Crippen LogP contribution >= 0.6 is 0 Å². The van der Waals surface area contributed by atoms with Gasteiger partial charge < -0.3 is 30.7 Å². The maximum Gasteiger partial charge on any atom is 0.407 e. The van der Waals surface area contributed by atoms with Crippen molar-refractivity contribution in [3.05, 3.63) is 12.2 Å². The Bertz CT molecular complexity index is 767. The van der Waals surface area contributed by atoms with Crippen LogP contribution in [0.1, 0.15) is 46.5 Å². The zero-order valence-corrected chi connectivity index (χ0v) is 19.7. The molecule has 0 spiro atoms. The van der Waals surface area contributed by atoms with Crippen LogP contribution < -0.4 is 21.3 Å². The van der Waals surface area contributed by atoms with E-state index in [0.717, 1.165) is 17.1 Å². The highest BCUT2D eigenvalue weighted by atomic mass is 16.6. The van der Waals surface area contributed by atoms with E-state index in [1.807, 2.05) is 0 Å². The van der Waals surface area contributed by atoms with Gasteiger partial charge in [0.25, 0.3) is 11.8 Å². The minimum absolute atomic E-state index is 0.0793. The van der Waals surface area contributed by atoms with Crippen molar-refractivity contribution in [2.45, 2.75) is 58.7 Å². The van der Waals surface area contributed by atoms with E-state index in [0.29, 0.717) is 19.4 Å². The smallest absolute Gasteiger partial charge is 0.407 e. The molecule has 34 heavy (non-hydrogen) atoms. The topological polar surface area (TPSA) is 172 Å². The molecule has 2 atom stereocenters. The molecular formula is C21H33N5O8. The summed E-state index contributed by atoms with van der Waals surface area (Å²) < 4.78 is 9.60. The summed E-state index contributed by atoms with van der Waals surface area (Å²) in [7, 11) is 0. The van der Waals surface area contributed by atoms with Crippen molar-refractivity contribution in [3.8, 4) is 0 Å². The second-order valence-corrected chi connectivity index (χ2v) is 7.27. The van der Waals surface area contributed by atoms with Gasteiger partial charge in [0, 0.05) is 31.7 Å². The standard InChI is InChI=1S/C21H33N5O8/c1-4-33-20(31)22-12-7-6-8-15(25-21(32)34-5-2)19(30)24-14(3)23-16(27)11-13-26-17(28)9-10-18(26)29/h9-10,14-15H,4-8,11-13H2,1-3H3,(H,22,31)(H,23,27)(H,24,30)(H,25,32). The lowest BCUT2D eigenvalue weighted by molar-refractivity contribution is -0.137. The van der Waals surface area contributed by atoms with Crippen molar-refractivity contribution >= 4 is 35.8 Å². The molecule has 0 radical (unpaired) electrons. The van der Waals surface area contributed by atoms with Gasteiger partial charge in [0.2, 0.25) is 11.8 Å². The molecule has 1 aliphatic rings. The molecule has 13 nitrogen and oxygen atoms in total. The number of rotatable bonds is 14. The molecule has 0 aromatic rings. The van der Waals surface area contributed by atoms with Gasteiger partial charge in [-0.25, -0.2) is 9.59 Å². The Hall–Kier alpha value is -3.64. The molecule has 1 rings (SSSR count). The molecule has 0 saturated heterocycles. The average molecular weight is 484 g/mol. The number of amides is 6. The predicted octanol–water partition coefficient (Wildman–Crippen LogP) is -0.0890. The third-order valence-electron chi connectivity index (χ3n) is 4.55. The van der Waals surface area contributed by atoms with Crippen molar-refractivity contribution in [2.24, 2.45) is 0 Å². The lowest BCUT2D eigenvalue weighted by atomic mass is 10.1. The lowest BCUT2D eigenvalue weighted by Gasteiger charge is -2.22. The lowest BCUT2D eigenvalue weighted by Crippen LogP contribution is -2.53. The first-order valence-corrected chi connectivity index (χ1v) is 11.1. The Kier molecular flexibility index (Phi) is 12.7. The minimum atomic E-state index is -0.924. The van der Waals surface area contributed by atoms with Crippen LogP contribution in [-0.4, -0.2) is 79.2 Å². The molecule has 2 unspecified atom stereocenters. The Morgan fingerprint density at radius 1 is 0.912 bits per heavy atom. The number of alkyl carbamates (subject to hydrolysis) is 2. The van der Waals surface area contributed by atoms with Crippen LogP contribution in [0.5, 0.6) is 0 Å². The minimum Gasteiger partial charge on any atom is -0.450 e. The fraction of sp³-hybridized carbons (Fsp3) is 0.619. The number of hydrogen-bond acceptors (Lipinski definition) is 8. The largest absolute Gasteiger partial charge is 0.450 e. The van der Waals surface area contributed by atoms with Crippen molar-refractivity contribution < 1.29 is 38.2 Å². The van der Waals surface area contributed by atoms with Crippen LogP contribution in [0.25, 0.3) is 0 Å². The second kappa shape index (κ2) is 15.2. The molecular weight excluding hydrogens is 450 g/mol.